The second-order valence-electron chi connectivity index (χ2n) is 6.84. The lowest BCUT2D eigenvalue weighted by atomic mass is 9.89. The number of aliphatic hydroxyl groups excluding tert-OH is 1. The summed E-state index contributed by atoms with van der Waals surface area (Å²) in [7, 11) is -4.39. The lowest BCUT2D eigenvalue weighted by Crippen LogP contribution is -2.20. The van der Waals surface area contributed by atoms with E-state index < -0.39 is 7.82 Å². The molecule has 2 aliphatic rings. The molecular weight excluding hydrogens is 359 g/mol. The van der Waals surface area contributed by atoms with Crippen LogP contribution in [0.3, 0.4) is 0 Å². The van der Waals surface area contributed by atoms with Gasteiger partial charge in [-0.25, -0.2) is 4.57 Å². The van der Waals surface area contributed by atoms with Crippen LogP contribution in [0.5, 0.6) is 0 Å². The van der Waals surface area contributed by atoms with E-state index in [2.05, 4.69) is 16.7 Å². The van der Waals surface area contributed by atoms with Crippen LogP contribution in [0.2, 0.25) is 0 Å². The average Bonchev–Trinajstić information content (AvgIpc) is 2.63. The van der Waals surface area contributed by atoms with Gasteiger partial charge < -0.3 is 24.4 Å². The Labute approximate surface area is 155 Å². The van der Waals surface area contributed by atoms with Crippen molar-refractivity contribution < 1.29 is 33.5 Å². The Morgan fingerprint density at radius 2 is 1.31 bits per heavy atom. The summed E-state index contributed by atoms with van der Waals surface area (Å²) in [6, 6.07) is 0. The Balaban J connectivity index is 1.62. The van der Waals surface area contributed by atoms with Crippen LogP contribution in [0.4, 0.5) is 0 Å². The molecule has 0 aromatic carbocycles. The highest BCUT2D eigenvalue weighted by Crippen LogP contribution is 2.35. The minimum Gasteiger partial charge on any atom is -0.394 e. The van der Waals surface area contributed by atoms with Crippen molar-refractivity contribution in [2.75, 3.05) is 26.4 Å². The summed E-state index contributed by atoms with van der Waals surface area (Å²) in [5, 5.41) is 8.80. The van der Waals surface area contributed by atoms with Gasteiger partial charge in [-0.3, -0.25) is 4.52 Å². The van der Waals surface area contributed by atoms with Gasteiger partial charge in [0.2, 0.25) is 0 Å². The van der Waals surface area contributed by atoms with E-state index in [1.807, 2.05) is 0 Å². The van der Waals surface area contributed by atoms with Crippen LogP contribution >= 0.6 is 7.82 Å². The molecule has 0 bridgehead atoms. The van der Waals surface area contributed by atoms with Crippen molar-refractivity contribution in [2.45, 2.75) is 63.6 Å². The number of allylic oxidation sites excluding steroid dienone is 4. The first-order valence-corrected chi connectivity index (χ1v) is 10.9. The zero-order valence-electron chi connectivity index (χ0n) is 15.2. The third-order valence-electron chi connectivity index (χ3n) is 4.85. The molecule has 0 aromatic heterocycles. The van der Waals surface area contributed by atoms with Gasteiger partial charge in [0.15, 0.2) is 0 Å². The van der Waals surface area contributed by atoms with Gasteiger partial charge in [0.05, 0.1) is 38.6 Å². The quantitative estimate of drug-likeness (QED) is 0.411. The molecule has 2 rings (SSSR count). The molecule has 0 unspecified atom stereocenters. The largest absolute Gasteiger partial charge is 0.469 e. The molecule has 2 aliphatic carbocycles. The third kappa shape index (κ3) is 8.91. The Morgan fingerprint density at radius 1 is 0.846 bits per heavy atom. The number of phosphoric acid groups is 1. The Bertz CT molecular complexity index is 506. The van der Waals surface area contributed by atoms with Crippen LogP contribution in [0.25, 0.3) is 0 Å². The first kappa shape index (κ1) is 21.8. The van der Waals surface area contributed by atoms with Crippen molar-refractivity contribution in [1.29, 1.82) is 0 Å². The van der Waals surface area contributed by atoms with E-state index in [0.717, 1.165) is 51.4 Å². The van der Waals surface area contributed by atoms with E-state index in [-0.39, 0.29) is 32.0 Å². The molecular formula is C18H31O7P. The highest BCUT2D eigenvalue weighted by molar-refractivity contribution is 7.46. The summed E-state index contributed by atoms with van der Waals surface area (Å²) in [5.41, 5.74) is 2.90. The number of aliphatic hydroxyl groups is 1. The molecule has 26 heavy (non-hydrogen) atoms. The SMILES string of the molecule is O=P(O)(O)OCCOC1CCC(=CC=C2CCC(OCCO)CC2)CC1. The van der Waals surface area contributed by atoms with Gasteiger partial charge in [-0.2, -0.15) is 0 Å². The van der Waals surface area contributed by atoms with E-state index in [0.29, 0.717) is 6.61 Å². The second-order valence-corrected chi connectivity index (χ2v) is 8.08. The maximum atomic E-state index is 10.6. The van der Waals surface area contributed by atoms with Gasteiger partial charge >= 0.3 is 7.82 Å². The van der Waals surface area contributed by atoms with Crippen LogP contribution in [-0.4, -0.2) is 53.5 Å². The molecule has 3 N–H and O–H groups in total. The van der Waals surface area contributed by atoms with Gasteiger partial charge in [-0.1, -0.05) is 23.3 Å². The predicted octanol–water partition coefficient (Wildman–Crippen LogP) is 2.86. The Hall–Kier alpha value is -0.530. The third-order valence-corrected chi connectivity index (χ3v) is 5.36. The molecule has 2 saturated carbocycles. The molecule has 0 aromatic rings. The van der Waals surface area contributed by atoms with E-state index in [9.17, 15) is 4.57 Å². The number of hydrogen-bond acceptors (Lipinski definition) is 5. The van der Waals surface area contributed by atoms with Crippen LogP contribution in [-0.2, 0) is 18.6 Å². The normalized spacial score (nSPS) is 24.6. The van der Waals surface area contributed by atoms with E-state index in [4.69, 9.17) is 24.4 Å². The molecule has 0 atom stereocenters. The molecule has 0 spiro atoms. The zero-order chi connectivity index (χ0) is 18.8. The van der Waals surface area contributed by atoms with Crippen molar-refractivity contribution >= 4 is 7.82 Å². The van der Waals surface area contributed by atoms with E-state index >= 15 is 0 Å². The van der Waals surface area contributed by atoms with Gasteiger partial charge in [0.1, 0.15) is 0 Å². The minimum atomic E-state index is -4.39. The summed E-state index contributed by atoms with van der Waals surface area (Å²) >= 11 is 0. The molecule has 0 amide bonds. The smallest absolute Gasteiger partial charge is 0.394 e. The Morgan fingerprint density at radius 3 is 1.73 bits per heavy atom. The van der Waals surface area contributed by atoms with Crippen molar-refractivity contribution in [3.05, 3.63) is 23.3 Å². The van der Waals surface area contributed by atoms with Crippen LogP contribution < -0.4 is 0 Å². The lowest BCUT2D eigenvalue weighted by molar-refractivity contribution is 0.0138. The summed E-state index contributed by atoms with van der Waals surface area (Å²) in [6.45, 7) is 0.645. The zero-order valence-corrected chi connectivity index (χ0v) is 16.1. The predicted molar refractivity (Wildman–Crippen MR) is 97.7 cm³/mol. The van der Waals surface area contributed by atoms with Crippen LogP contribution in [0, 0.1) is 0 Å². The average molecular weight is 390 g/mol. The van der Waals surface area contributed by atoms with Gasteiger partial charge in [-0.15, -0.1) is 0 Å². The van der Waals surface area contributed by atoms with Crippen molar-refractivity contribution in [3.8, 4) is 0 Å². The fourth-order valence-corrected chi connectivity index (χ4v) is 3.73. The maximum absolute atomic E-state index is 10.6. The van der Waals surface area contributed by atoms with Crippen molar-refractivity contribution in [1.82, 2.24) is 0 Å². The second kappa shape index (κ2) is 11.3. The van der Waals surface area contributed by atoms with Crippen molar-refractivity contribution in [3.63, 3.8) is 0 Å². The molecule has 0 aliphatic heterocycles. The lowest BCUT2D eigenvalue weighted by Gasteiger charge is -2.25. The molecule has 0 heterocycles. The summed E-state index contributed by atoms with van der Waals surface area (Å²) in [6.07, 6.45) is 13.0. The summed E-state index contributed by atoms with van der Waals surface area (Å²) < 4.78 is 26.2. The monoisotopic (exact) mass is 390 g/mol. The topological polar surface area (TPSA) is 105 Å². The first-order valence-electron chi connectivity index (χ1n) is 9.38. The van der Waals surface area contributed by atoms with Gasteiger partial charge in [-0.05, 0) is 51.4 Å². The first-order chi connectivity index (χ1) is 12.5. The van der Waals surface area contributed by atoms with Crippen LogP contribution in [0.1, 0.15) is 51.4 Å². The van der Waals surface area contributed by atoms with Gasteiger partial charge in [0.25, 0.3) is 0 Å². The molecule has 8 heteroatoms. The molecule has 150 valence electrons. The number of hydrogen-bond donors (Lipinski definition) is 3. The summed E-state index contributed by atoms with van der Waals surface area (Å²) in [5.74, 6) is 0. The van der Waals surface area contributed by atoms with Crippen LogP contribution in [0.15, 0.2) is 23.3 Å². The molecule has 7 nitrogen and oxygen atoms in total. The number of phosphoric ester groups is 1. The highest BCUT2D eigenvalue weighted by Gasteiger charge is 2.19. The fraction of sp³-hybridized carbons (Fsp3) is 0.778. The Kier molecular flexibility index (Phi) is 9.50. The van der Waals surface area contributed by atoms with Crippen molar-refractivity contribution in [2.24, 2.45) is 0 Å². The summed E-state index contributed by atoms with van der Waals surface area (Å²) in [4.78, 5) is 17.2. The maximum Gasteiger partial charge on any atom is 0.469 e. The van der Waals surface area contributed by atoms with E-state index in [1.165, 1.54) is 11.1 Å². The number of rotatable bonds is 9. The molecule has 0 radical (unpaired) electrons. The minimum absolute atomic E-state index is 0.0847. The highest BCUT2D eigenvalue weighted by atomic mass is 31.2. The van der Waals surface area contributed by atoms with Gasteiger partial charge in [0, 0.05) is 0 Å². The molecule has 0 saturated heterocycles. The molecule has 2 fully saturated rings. The fourth-order valence-electron chi connectivity index (χ4n) is 3.42. The number of ether oxygens (including phenoxy) is 2. The standard InChI is InChI=1S/C18H31O7P/c19-11-12-23-17-7-3-15(4-8-17)1-2-16-5-9-18(10-6-16)24-13-14-25-26(20,21)22/h1-2,17-19H,3-14H2,(H2,20,21,22). The van der Waals surface area contributed by atoms with E-state index in [1.54, 1.807) is 0 Å².